The third-order valence-corrected chi connectivity index (χ3v) is 4.84. The molecule has 29 heavy (non-hydrogen) atoms. The van der Waals surface area contributed by atoms with Gasteiger partial charge in [0.1, 0.15) is 19.6 Å². The van der Waals surface area contributed by atoms with Gasteiger partial charge >= 0.3 is 0 Å². The lowest BCUT2D eigenvalue weighted by Crippen LogP contribution is -2.48. The topological polar surface area (TPSA) is 76.0 Å². The summed E-state index contributed by atoms with van der Waals surface area (Å²) in [7, 11) is 2.13. The zero-order chi connectivity index (χ0) is 21.0. The Morgan fingerprint density at radius 2 is 1.31 bits per heavy atom. The fourth-order valence-electron chi connectivity index (χ4n) is 3.13. The summed E-state index contributed by atoms with van der Waals surface area (Å²) in [5.41, 5.74) is 2.48. The first-order valence-electron chi connectivity index (χ1n) is 9.97. The third-order valence-electron chi connectivity index (χ3n) is 4.84. The predicted molar refractivity (Wildman–Crippen MR) is 112 cm³/mol. The Hall–Kier alpha value is -2.09. The van der Waals surface area contributed by atoms with Crippen molar-refractivity contribution in [3.05, 3.63) is 71.3 Å². The van der Waals surface area contributed by atoms with E-state index in [0.29, 0.717) is 42.0 Å². The average molecular weight is 403 g/mol. The number of benzene rings is 2. The highest BCUT2D eigenvalue weighted by molar-refractivity contribution is 6.08. The summed E-state index contributed by atoms with van der Waals surface area (Å²) >= 11 is 0. The van der Waals surface area contributed by atoms with Crippen molar-refractivity contribution in [3.63, 3.8) is 0 Å². The SMILES string of the molecule is C[N+](CCOCCO)(CCOCCO)Cc1ccc(C(=O)c2ccccc2)cc1. The maximum absolute atomic E-state index is 12.6. The van der Waals surface area contributed by atoms with Crippen molar-refractivity contribution in [2.45, 2.75) is 6.54 Å². The van der Waals surface area contributed by atoms with E-state index in [-0.39, 0.29) is 19.0 Å². The van der Waals surface area contributed by atoms with Crippen LogP contribution in [0.1, 0.15) is 21.5 Å². The molecule has 0 saturated carbocycles. The molecule has 0 aliphatic rings. The molecule has 6 nitrogen and oxygen atoms in total. The molecule has 0 atom stereocenters. The number of nitrogens with zero attached hydrogens (tertiary/aromatic N) is 1. The summed E-state index contributed by atoms with van der Waals surface area (Å²) in [5.74, 6) is 0.0178. The Morgan fingerprint density at radius 3 is 1.83 bits per heavy atom. The van der Waals surface area contributed by atoms with Crippen molar-refractivity contribution in [1.82, 2.24) is 0 Å². The van der Waals surface area contributed by atoms with Crippen molar-refractivity contribution in [1.29, 1.82) is 0 Å². The molecule has 0 amide bonds. The normalized spacial score (nSPS) is 11.6. The Bertz CT molecular complexity index is 706. The molecule has 2 rings (SSSR count). The van der Waals surface area contributed by atoms with Crippen molar-refractivity contribution < 1.29 is 29.0 Å². The molecule has 0 heterocycles. The fraction of sp³-hybridized carbons (Fsp3) is 0.435. The lowest BCUT2D eigenvalue weighted by molar-refractivity contribution is -0.923. The molecule has 0 saturated heterocycles. The molecule has 0 aliphatic carbocycles. The van der Waals surface area contributed by atoms with E-state index in [1.165, 1.54) is 0 Å². The first kappa shape index (κ1) is 23.2. The van der Waals surface area contributed by atoms with Gasteiger partial charge in [-0.05, 0) is 0 Å². The molecule has 0 unspecified atom stereocenters. The van der Waals surface area contributed by atoms with E-state index in [4.69, 9.17) is 19.7 Å². The number of likely N-dealkylation sites (N-methyl/N-ethyl adjacent to an activating group) is 1. The molecule has 0 bridgehead atoms. The third kappa shape index (κ3) is 8.04. The number of ether oxygens (including phenoxy) is 2. The second-order valence-corrected chi connectivity index (χ2v) is 7.29. The monoisotopic (exact) mass is 402 g/mol. The molecular weight excluding hydrogens is 370 g/mol. The number of quaternary nitrogens is 1. The fourth-order valence-corrected chi connectivity index (χ4v) is 3.13. The van der Waals surface area contributed by atoms with Crippen molar-refractivity contribution >= 4 is 5.78 Å². The number of rotatable bonds is 14. The number of hydrogen-bond acceptors (Lipinski definition) is 5. The van der Waals surface area contributed by atoms with Gasteiger partial charge in [-0.2, -0.15) is 0 Å². The number of carbonyl (C=O) groups is 1. The van der Waals surface area contributed by atoms with Crippen molar-refractivity contribution in [3.8, 4) is 0 Å². The highest BCUT2D eigenvalue weighted by Gasteiger charge is 2.22. The minimum Gasteiger partial charge on any atom is -0.394 e. The summed E-state index contributed by atoms with van der Waals surface area (Å²) in [4.78, 5) is 12.6. The Kier molecular flexibility index (Phi) is 9.97. The zero-order valence-corrected chi connectivity index (χ0v) is 17.1. The van der Waals surface area contributed by atoms with Gasteiger partial charge in [-0.25, -0.2) is 0 Å². The second kappa shape index (κ2) is 12.5. The van der Waals surface area contributed by atoms with Gasteiger partial charge in [0.25, 0.3) is 0 Å². The number of aliphatic hydroxyl groups is 2. The van der Waals surface area contributed by atoms with Crippen LogP contribution >= 0.6 is 0 Å². The number of ketones is 1. The molecule has 158 valence electrons. The lowest BCUT2D eigenvalue weighted by Gasteiger charge is -2.34. The first-order chi connectivity index (χ1) is 14.1. The summed E-state index contributed by atoms with van der Waals surface area (Å²) in [6.45, 7) is 4.09. The minimum atomic E-state index is 0.0141. The van der Waals surface area contributed by atoms with Gasteiger partial charge in [-0.15, -0.1) is 0 Å². The van der Waals surface area contributed by atoms with E-state index in [9.17, 15) is 4.79 Å². The first-order valence-corrected chi connectivity index (χ1v) is 9.97. The van der Waals surface area contributed by atoms with Crippen LogP contribution in [0.5, 0.6) is 0 Å². The van der Waals surface area contributed by atoms with Gasteiger partial charge in [0.15, 0.2) is 5.78 Å². The smallest absolute Gasteiger partial charge is 0.193 e. The van der Waals surface area contributed by atoms with E-state index in [2.05, 4.69) is 7.05 Å². The van der Waals surface area contributed by atoms with Crippen molar-refractivity contribution in [2.24, 2.45) is 0 Å². The van der Waals surface area contributed by atoms with Crippen LogP contribution in [-0.4, -0.2) is 80.3 Å². The molecule has 0 aliphatic heterocycles. The number of aliphatic hydroxyl groups excluding tert-OH is 2. The molecule has 6 heteroatoms. The van der Waals surface area contributed by atoms with Crippen LogP contribution in [0.15, 0.2) is 54.6 Å². The van der Waals surface area contributed by atoms with Gasteiger partial charge in [0, 0.05) is 16.7 Å². The average Bonchev–Trinajstić information content (AvgIpc) is 2.75. The standard InChI is InChI=1S/C23H32NO5/c1-24(11-15-28-17-13-25,12-16-29-18-14-26)19-20-7-9-22(10-8-20)23(27)21-5-3-2-4-6-21/h2-10,25-26H,11-19H2,1H3/q+1. The van der Waals surface area contributed by atoms with E-state index in [1.54, 1.807) is 0 Å². The maximum atomic E-state index is 12.6. The van der Waals surface area contributed by atoms with Gasteiger partial charge < -0.3 is 24.2 Å². The molecule has 0 radical (unpaired) electrons. The van der Waals surface area contributed by atoms with E-state index < -0.39 is 0 Å². The summed E-state index contributed by atoms with van der Waals surface area (Å²) < 4.78 is 11.6. The number of hydrogen-bond donors (Lipinski definition) is 2. The maximum Gasteiger partial charge on any atom is 0.193 e. The van der Waals surface area contributed by atoms with Gasteiger partial charge in [-0.3, -0.25) is 4.79 Å². The Balaban J connectivity index is 2.01. The molecule has 0 fully saturated rings. The highest BCUT2D eigenvalue weighted by Crippen LogP contribution is 2.15. The minimum absolute atomic E-state index is 0.0141. The Labute approximate surface area is 172 Å². The zero-order valence-electron chi connectivity index (χ0n) is 17.1. The van der Waals surface area contributed by atoms with E-state index in [1.807, 2.05) is 54.6 Å². The molecule has 2 aromatic rings. The van der Waals surface area contributed by atoms with Crippen molar-refractivity contribution in [2.75, 3.05) is 59.8 Å². The molecule has 2 aromatic carbocycles. The predicted octanol–water partition coefficient (Wildman–Crippen LogP) is 1.88. The largest absolute Gasteiger partial charge is 0.394 e. The van der Waals surface area contributed by atoms with Crippen LogP contribution in [0.25, 0.3) is 0 Å². The van der Waals surface area contributed by atoms with E-state index >= 15 is 0 Å². The van der Waals surface area contributed by atoms with Gasteiger partial charge in [-0.1, -0.05) is 54.6 Å². The summed E-state index contributed by atoms with van der Waals surface area (Å²) in [6.07, 6.45) is 0. The van der Waals surface area contributed by atoms with Crippen LogP contribution in [0.2, 0.25) is 0 Å². The summed E-state index contributed by atoms with van der Waals surface area (Å²) in [5, 5.41) is 17.8. The van der Waals surface area contributed by atoms with Crippen LogP contribution in [-0.2, 0) is 16.0 Å². The molecule has 0 aromatic heterocycles. The Morgan fingerprint density at radius 1 is 0.793 bits per heavy atom. The molecular formula is C23H32NO5+. The molecule has 0 spiro atoms. The van der Waals surface area contributed by atoms with Crippen LogP contribution < -0.4 is 0 Å². The van der Waals surface area contributed by atoms with Gasteiger partial charge in [0.05, 0.1) is 46.7 Å². The van der Waals surface area contributed by atoms with Crippen LogP contribution in [0, 0.1) is 0 Å². The number of carbonyl (C=O) groups excluding carboxylic acids is 1. The van der Waals surface area contributed by atoms with Crippen LogP contribution in [0.3, 0.4) is 0 Å². The highest BCUT2D eigenvalue weighted by atomic mass is 16.5. The second-order valence-electron chi connectivity index (χ2n) is 7.29. The quantitative estimate of drug-likeness (QED) is 0.287. The van der Waals surface area contributed by atoms with E-state index in [0.717, 1.165) is 25.2 Å². The summed E-state index contributed by atoms with van der Waals surface area (Å²) in [6, 6.07) is 17.0. The molecule has 2 N–H and O–H groups in total. The lowest BCUT2D eigenvalue weighted by atomic mass is 10.0. The van der Waals surface area contributed by atoms with Gasteiger partial charge in [0.2, 0.25) is 0 Å². The van der Waals surface area contributed by atoms with Crippen LogP contribution in [0.4, 0.5) is 0 Å².